The Morgan fingerprint density at radius 1 is 1.30 bits per heavy atom. The Morgan fingerprint density at radius 2 is 1.96 bits per heavy atom. The quantitative estimate of drug-likeness (QED) is 0.853. The molecule has 1 aliphatic carbocycles. The molecule has 1 fully saturated rings. The van der Waals surface area contributed by atoms with Crippen molar-refractivity contribution < 1.29 is 14.3 Å². The highest BCUT2D eigenvalue weighted by Gasteiger charge is 2.47. The zero-order valence-corrected chi connectivity index (χ0v) is 14.7. The second-order valence-electron chi connectivity index (χ2n) is 6.37. The Hall–Kier alpha value is -1.55. The predicted octanol–water partition coefficient (Wildman–Crippen LogP) is 3.68. The third kappa shape index (κ3) is 3.69. The van der Waals surface area contributed by atoms with Crippen LogP contribution in [0.4, 0.5) is 0 Å². The molecule has 1 N–H and O–H groups in total. The fourth-order valence-corrected chi connectivity index (χ4v) is 3.43. The van der Waals surface area contributed by atoms with E-state index in [4.69, 9.17) is 16.3 Å². The number of benzene rings is 1. The molecule has 1 amide bonds. The van der Waals surface area contributed by atoms with Gasteiger partial charge >= 0.3 is 5.97 Å². The first-order chi connectivity index (χ1) is 10.9. The van der Waals surface area contributed by atoms with Gasteiger partial charge in [0.1, 0.15) is 5.54 Å². The molecule has 5 heteroatoms. The van der Waals surface area contributed by atoms with Crippen molar-refractivity contribution in [3.05, 3.63) is 34.9 Å². The summed E-state index contributed by atoms with van der Waals surface area (Å²) in [5.41, 5.74) is -0.0412. The molecular weight excluding hydrogens is 314 g/mol. The average Bonchev–Trinajstić information content (AvgIpc) is 2.56. The van der Waals surface area contributed by atoms with Crippen LogP contribution in [0.25, 0.3) is 0 Å². The normalized spacial score (nSPS) is 25.5. The van der Waals surface area contributed by atoms with Crippen molar-refractivity contribution in [2.75, 3.05) is 7.11 Å². The van der Waals surface area contributed by atoms with Crippen LogP contribution < -0.4 is 5.32 Å². The number of carbonyl (C=O) groups excluding carboxylic acids is 2. The van der Waals surface area contributed by atoms with Crippen molar-refractivity contribution in [3.8, 4) is 0 Å². The van der Waals surface area contributed by atoms with Crippen LogP contribution in [0.1, 0.15) is 51.0 Å². The van der Waals surface area contributed by atoms with Crippen LogP contribution in [0.2, 0.25) is 5.02 Å². The van der Waals surface area contributed by atoms with E-state index in [1.54, 1.807) is 12.1 Å². The van der Waals surface area contributed by atoms with Crippen molar-refractivity contribution in [3.63, 3.8) is 0 Å². The molecule has 0 bridgehead atoms. The molecule has 0 aliphatic heterocycles. The number of nitrogens with one attached hydrogen (secondary N) is 1. The first-order valence-corrected chi connectivity index (χ1v) is 8.44. The van der Waals surface area contributed by atoms with Crippen molar-refractivity contribution in [1.29, 1.82) is 0 Å². The minimum absolute atomic E-state index is 0.0602. The summed E-state index contributed by atoms with van der Waals surface area (Å²) >= 11 is 5.89. The molecule has 0 saturated heterocycles. The van der Waals surface area contributed by atoms with E-state index in [2.05, 4.69) is 5.32 Å². The van der Waals surface area contributed by atoms with Gasteiger partial charge in [0.25, 0.3) is 0 Å². The van der Waals surface area contributed by atoms with Crippen LogP contribution >= 0.6 is 11.6 Å². The van der Waals surface area contributed by atoms with Gasteiger partial charge in [0.05, 0.1) is 13.0 Å². The molecule has 2 rings (SSSR count). The fourth-order valence-electron chi connectivity index (χ4n) is 3.30. The van der Waals surface area contributed by atoms with Gasteiger partial charge in [-0.05, 0) is 43.4 Å². The number of ether oxygens (including phenoxy) is 1. The topological polar surface area (TPSA) is 55.4 Å². The largest absolute Gasteiger partial charge is 0.467 e. The smallest absolute Gasteiger partial charge is 0.331 e. The Bertz CT molecular complexity index is 572. The maximum Gasteiger partial charge on any atom is 0.331 e. The lowest BCUT2D eigenvalue weighted by Crippen LogP contribution is -2.61. The first kappa shape index (κ1) is 17.8. The van der Waals surface area contributed by atoms with Gasteiger partial charge in [0, 0.05) is 5.02 Å². The summed E-state index contributed by atoms with van der Waals surface area (Å²) in [7, 11) is 1.38. The Morgan fingerprint density at radius 3 is 2.52 bits per heavy atom. The van der Waals surface area contributed by atoms with Crippen molar-refractivity contribution >= 4 is 23.5 Å². The van der Waals surface area contributed by atoms with Crippen LogP contribution in [0.5, 0.6) is 0 Å². The van der Waals surface area contributed by atoms with E-state index < -0.39 is 5.54 Å². The zero-order valence-electron chi connectivity index (χ0n) is 13.9. The summed E-state index contributed by atoms with van der Waals surface area (Å²) in [6.07, 6.45) is 3.52. The third-order valence-electron chi connectivity index (χ3n) is 4.96. The second-order valence-corrected chi connectivity index (χ2v) is 6.81. The van der Waals surface area contributed by atoms with E-state index in [-0.39, 0.29) is 23.7 Å². The van der Waals surface area contributed by atoms with Crippen molar-refractivity contribution in [2.24, 2.45) is 5.92 Å². The van der Waals surface area contributed by atoms with Gasteiger partial charge in [0.15, 0.2) is 0 Å². The first-order valence-electron chi connectivity index (χ1n) is 8.06. The minimum Gasteiger partial charge on any atom is -0.467 e. The Balaban J connectivity index is 2.20. The van der Waals surface area contributed by atoms with Gasteiger partial charge in [-0.15, -0.1) is 0 Å². The maximum absolute atomic E-state index is 12.7. The molecule has 23 heavy (non-hydrogen) atoms. The number of hydrogen-bond donors (Lipinski definition) is 1. The highest BCUT2D eigenvalue weighted by atomic mass is 35.5. The van der Waals surface area contributed by atoms with Crippen molar-refractivity contribution in [2.45, 2.75) is 51.0 Å². The molecule has 3 atom stereocenters. The van der Waals surface area contributed by atoms with Gasteiger partial charge in [-0.2, -0.15) is 0 Å². The molecule has 0 aromatic heterocycles. The minimum atomic E-state index is -0.912. The highest BCUT2D eigenvalue weighted by Crippen LogP contribution is 2.35. The lowest BCUT2D eigenvalue weighted by atomic mass is 9.73. The summed E-state index contributed by atoms with van der Waals surface area (Å²) in [5, 5.41) is 3.63. The Kier molecular flexibility index (Phi) is 5.69. The number of hydrogen-bond acceptors (Lipinski definition) is 3. The third-order valence-corrected chi connectivity index (χ3v) is 5.21. The lowest BCUT2D eigenvalue weighted by Gasteiger charge is -2.41. The van der Waals surface area contributed by atoms with E-state index in [1.807, 2.05) is 26.0 Å². The molecular formula is C18H24ClNO3. The summed E-state index contributed by atoms with van der Waals surface area (Å²) < 4.78 is 4.99. The van der Waals surface area contributed by atoms with E-state index >= 15 is 0 Å². The molecule has 0 heterocycles. The van der Waals surface area contributed by atoms with Gasteiger partial charge in [-0.25, -0.2) is 4.79 Å². The molecule has 0 radical (unpaired) electrons. The number of carbonyl (C=O) groups is 2. The van der Waals surface area contributed by atoms with E-state index in [0.29, 0.717) is 11.4 Å². The fraction of sp³-hybridized carbons (Fsp3) is 0.556. The van der Waals surface area contributed by atoms with Gasteiger partial charge in [-0.1, -0.05) is 43.5 Å². The molecule has 126 valence electrons. The summed E-state index contributed by atoms with van der Waals surface area (Å²) in [4.78, 5) is 25.1. The highest BCUT2D eigenvalue weighted by molar-refractivity contribution is 6.30. The van der Waals surface area contributed by atoms with Crippen LogP contribution in [-0.2, 0) is 14.3 Å². The number of methoxy groups -OCH3 is 1. The summed E-state index contributed by atoms with van der Waals surface area (Å²) in [6.45, 7) is 3.83. The number of amides is 1. The maximum atomic E-state index is 12.7. The van der Waals surface area contributed by atoms with E-state index in [0.717, 1.165) is 24.8 Å². The lowest BCUT2D eigenvalue weighted by molar-refractivity contribution is -0.155. The average molecular weight is 338 g/mol. The number of esters is 1. The van der Waals surface area contributed by atoms with E-state index in [1.165, 1.54) is 7.11 Å². The van der Waals surface area contributed by atoms with Gasteiger partial charge < -0.3 is 10.1 Å². The van der Waals surface area contributed by atoms with Gasteiger partial charge in [-0.3, -0.25) is 4.79 Å². The van der Waals surface area contributed by atoms with Crippen LogP contribution in [0.3, 0.4) is 0 Å². The number of rotatable bonds is 4. The van der Waals surface area contributed by atoms with Gasteiger partial charge in [0.2, 0.25) is 5.91 Å². The molecule has 3 unspecified atom stereocenters. The SMILES string of the molecule is COC(=O)C1(NC(=O)C(C)c2ccc(Cl)cc2)CCCCC1C. The van der Waals surface area contributed by atoms with Crippen LogP contribution in [-0.4, -0.2) is 24.5 Å². The standard InChI is InChI=1S/C18H24ClNO3/c1-12-6-4-5-11-18(12,17(22)23-3)20-16(21)13(2)14-7-9-15(19)10-8-14/h7-10,12-13H,4-6,11H2,1-3H3,(H,20,21). The van der Waals surface area contributed by atoms with E-state index in [9.17, 15) is 9.59 Å². The molecule has 1 aromatic carbocycles. The van der Waals surface area contributed by atoms with Crippen molar-refractivity contribution in [1.82, 2.24) is 5.32 Å². The summed E-state index contributed by atoms with van der Waals surface area (Å²) in [6, 6.07) is 7.20. The predicted molar refractivity (Wildman–Crippen MR) is 90.4 cm³/mol. The molecule has 4 nitrogen and oxygen atoms in total. The second kappa shape index (κ2) is 7.35. The molecule has 1 saturated carbocycles. The Labute approximate surface area is 142 Å². The molecule has 0 spiro atoms. The zero-order chi connectivity index (χ0) is 17.0. The van der Waals surface area contributed by atoms with Crippen LogP contribution in [0, 0.1) is 5.92 Å². The monoisotopic (exact) mass is 337 g/mol. The molecule has 1 aromatic rings. The summed E-state index contributed by atoms with van der Waals surface area (Å²) in [5.74, 6) is -0.805. The molecule has 1 aliphatic rings. The van der Waals surface area contributed by atoms with Crippen LogP contribution in [0.15, 0.2) is 24.3 Å². The number of halogens is 1.